The second-order valence-electron chi connectivity index (χ2n) is 12.4. The summed E-state index contributed by atoms with van der Waals surface area (Å²) < 4.78 is 22.4. The molecule has 17 heteroatoms. The average Bonchev–Trinajstić information content (AvgIpc) is 3.10. The molecule has 2 fully saturated rings. The van der Waals surface area contributed by atoms with E-state index in [0.29, 0.717) is 30.8 Å². The van der Waals surface area contributed by atoms with E-state index in [0.717, 1.165) is 35.8 Å². The van der Waals surface area contributed by atoms with Crippen molar-refractivity contribution < 1.29 is 48.4 Å². The van der Waals surface area contributed by atoms with Crippen molar-refractivity contribution in [2.45, 2.75) is 30.8 Å². The molecule has 4 N–H and O–H groups in total. The Morgan fingerprint density at radius 1 is 1.06 bits per heavy atom. The molecule has 6 rings (SSSR count). The predicted molar refractivity (Wildman–Crippen MR) is 182 cm³/mol. The number of carboxylic acid groups (broad SMARTS) is 2. The number of thioether (sulfide) groups is 1. The van der Waals surface area contributed by atoms with Crippen LogP contribution in [0.1, 0.15) is 28.8 Å². The molecule has 1 aromatic heterocycles. The lowest BCUT2D eigenvalue weighted by Crippen LogP contribution is -2.71. The molecule has 0 saturated carbocycles. The molecule has 4 heterocycles. The summed E-state index contributed by atoms with van der Waals surface area (Å²) in [5.74, 6) is -8.34. The van der Waals surface area contributed by atoms with Gasteiger partial charge >= 0.3 is 17.9 Å². The molecule has 2 amide bonds. The number of esters is 1. The monoisotopic (exact) mass is 723 g/mol. The van der Waals surface area contributed by atoms with Gasteiger partial charge in [-0.15, -0.1) is 11.8 Å². The van der Waals surface area contributed by atoms with Crippen LogP contribution in [0.5, 0.6) is 5.75 Å². The Kier molecular flexibility index (Phi) is 9.77. The fraction of sp³-hybridized carbons (Fsp3) is 0.353. The minimum Gasteiger partial charge on any atom is -0.508 e. The van der Waals surface area contributed by atoms with E-state index < -0.39 is 70.6 Å². The normalized spacial score (nSPS) is 19.7. The van der Waals surface area contributed by atoms with Crippen LogP contribution in [0.2, 0.25) is 0 Å². The van der Waals surface area contributed by atoms with E-state index in [2.05, 4.69) is 10.2 Å². The number of β-lactam (4-membered cyclic amide) rings is 1. The number of aromatic hydroxyl groups is 1. The molecule has 1 unspecified atom stereocenters. The van der Waals surface area contributed by atoms with Gasteiger partial charge in [-0.05, 0) is 43.8 Å². The number of nitrogens with one attached hydrogen (secondary N) is 1. The van der Waals surface area contributed by atoms with Gasteiger partial charge in [0, 0.05) is 55.6 Å². The van der Waals surface area contributed by atoms with Crippen molar-refractivity contribution in [3.63, 3.8) is 0 Å². The average molecular weight is 724 g/mol. The third-order valence-corrected chi connectivity index (χ3v) is 10.6. The number of hydrogen-bond acceptors (Lipinski definition) is 11. The minimum atomic E-state index is -1.70. The van der Waals surface area contributed by atoms with Crippen LogP contribution in [0.4, 0.5) is 10.1 Å². The second kappa shape index (κ2) is 14.1. The van der Waals surface area contributed by atoms with Crippen LogP contribution >= 0.6 is 11.8 Å². The Morgan fingerprint density at radius 3 is 2.37 bits per heavy atom. The van der Waals surface area contributed by atoms with Crippen LogP contribution < -0.4 is 15.6 Å². The maximum Gasteiger partial charge on any atom is 0.352 e. The predicted octanol–water partition coefficient (Wildman–Crippen LogP) is 1.38. The van der Waals surface area contributed by atoms with Gasteiger partial charge in [-0.1, -0.05) is 12.1 Å². The van der Waals surface area contributed by atoms with Crippen LogP contribution in [0.25, 0.3) is 10.9 Å². The third kappa shape index (κ3) is 6.61. The quantitative estimate of drug-likeness (QED) is 0.133. The zero-order valence-electron chi connectivity index (χ0n) is 27.5. The molecule has 2 saturated heterocycles. The molecule has 0 aliphatic carbocycles. The van der Waals surface area contributed by atoms with Crippen LogP contribution in [-0.4, -0.2) is 116 Å². The van der Waals surface area contributed by atoms with Crippen molar-refractivity contribution in [3.8, 4) is 5.75 Å². The van der Waals surface area contributed by atoms with Gasteiger partial charge in [-0.2, -0.15) is 0 Å². The number of likely N-dealkylation sites (N-methyl/N-ethyl adjacent to an activating group) is 1. The van der Waals surface area contributed by atoms with E-state index in [4.69, 9.17) is 4.74 Å². The molecule has 268 valence electrons. The molecular weight excluding hydrogens is 689 g/mol. The van der Waals surface area contributed by atoms with Gasteiger partial charge in [0.15, 0.2) is 5.92 Å². The van der Waals surface area contributed by atoms with E-state index in [1.165, 1.54) is 30.5 Å². The number of amides is 2. The molecule has 3 aromatic rings. The molecule has 2 aromatic carbocycles. The SMILES string of the molecule is CCn1cc(C(=O)OCC2=C(C(=O)O)N3C(=O)[C@@H](NC(=O)C(C(=O)O)c4ccc(O)cc4)[C@H]3SC2)c(=O)c2cc(F)c(N3CCN(C)CC3)cc21. The number of aryl methyl sites for hydroxylation is 1. The lowest BCUT2D eigenvalue weighted by Gasteiger charge is -2.49. The summed E-state index contributed by atoms with van der Waals surface area (Å²) >= 11 is 1.07. The van der Waals surface area contributed by atoms with Crippen molar-refractivity contribution in [1.82, 2.24) is 19.7 Å². The summed E-state index contributed by atoms with van der Waals surface area (Å²) in [6.07, 6.45) is 1.32. The second-order valence-corrected chi connectivity index (χ2v) is 13.5. The molecule has 3 aliphatic heterocycles. The Bertz CT molecular complexity index is 2040. The van der Waals surface area contributed by atoms with Crippen molar-refractivity contribution in [1.29, 1.82) is 0 Å². The molecular formula is C34H34FN5O10S. The molecule has 3 atom stereocenters. The van der Waals surface area contributed by atoms with E-state index in [-0.39, 0.29) is 33.6 Å². The van der Waals surface area contributed by atoms with Gasteiger partial charge < -0.3 is 39.7 Å². The van der Waals surface area contributed by atoms with E-state index in [9.17, 15) is 44.1 Å². The Hall–Kier alpha value is -5.42. The lowest BCUT2D eigenvalue weighted by molar-refractivity contribution is -0.152. The molecule has 0 bridgehead atoms. The number of ether oxygens (including phenoxy) is 1. The van der Waals surface area contributed by atoms with Gasteiger partial charge in [0.25, 0.3) is 5.91 Å². The van der Waals surface area contributed by atoms with Gasteiger partial charge in [0.05, 0.1) is 11.2 Å². The topological polar surface area (TPSA) is 199 Å². The Labute approximate surface area is 293 Å². The summed E-state index contributed by atoms with van der Waals surface area (Å²) in [6.45, 7) is 4.28. The Balaban J connectivity index is 1.19. The van der Waals surface area contributed by atoms with Gasteiger partial charge in [-0.3, -0.25) is 24.1 Å². The first-order valence-electron chi connectivity index (χ1n) is 16.0. The lowest BCUT2D eigenvalue weighted by atomic mass is 9.96. The fourth-order valence-corrected chi connectivity index (χ4v) is 7.76. The van der Waals surface area contributed by atoms with Gasteiger partial charge in [0.1, 0.15) is 40.8 Å². The first-order valence-corrected chi connectivity index (χ1v) is 17.0. The van der Waals surface area contributed by atoms with E-state index in [1.54, 1.807) is 17.6 Å². The number of carbonyl (C=O) groups is 5. The number of rotatable bonds is 10. The zero-order valence-corrected chi connectivity index (χ0v) is 28.3. The number of benzene rings is 2. The van der Waals surface area contributed by atoms with Crippen molar-refractivity contribution in [2.24, 2.45) is 0 Å². The van der Waals surface area contributed by atoms with Gasteiger partial charge in [0.2, 0.25) is 11.3 Å². The number of piperazine rings is 1. The zero-order chi connectivity index (χ0) is 36.7. The van der Waals surface area contributed by atoms with Crippen molar-refractivity contribution in [3.05, 3.63) is 81.0 Å². The first-order chi connectivity index (χ1) is 24.3. The van der Waals surface area contributed by atoms with E-state index in [1.807, 2.05) is 11.9 Å². The number of carboxylic acids is 2. The number of fused-ring (bicyclic) bond motifs is 2. The molecule has 15 nitrogen and oxygen atoms in total. The third-order valence-electron chi connectivity index (χ3n) is 9.21. The van der Waals surface area contributed by atoms with Crippen LogP contribution in [0.15, 0.2) is 58.7 Å². The Morgan fingerprint density at radius 2 is 1.75 bits per heavy atom. The summed E-state index contributed by atoms with van der Waals surface area (Å²) in [7, 11) is 1.98. The highest BCUT2D eigenvalue weighted by Gasteiger charge is 2.55. The summed E-state index contributed by atoms with van der Waals surface area (Å²) in [5.41, 5.74) is -0.672. The highest BCUT2D eigenvalue weighted by atomic mass is 32.2. The summed E-state index contributed by atoms with van der Waals surface area (Å²) in [5, 5.41) is 30.7. The highest BCUT2D eigenvalue weighted by Crippen LogP contribution is 2.41. The van der Waals surface area contributed by atoms with Gasteiger partial charge in [-0.25, -0.2) is 14.0 Å². The number of hydrogen-bond donors (Lipinski definition) is 4. The molecule has 51 heavy (non-hydrogen) atoms. The van der Waals surface area contributed by atoms with Crippen LogP contribution in [-0.2, 0) is 30.5 Å². The summed E-state index contributed by atoms with van der Waals surface area (Å²) in [4.78, 5) is 82.1. The number of phenolic OH excluding ortho intramolecular Hbond substituents is 1. The molecule has 0 spiro atoms. The first kappa shape index (κ1) is 35.4. The highest BCUT2D eigenvalue weighted by molar-refractivity contribution is 8.00. The molecule has 3 aliphatic rings. The maximum atomic E-state index is 15.4. The number of halogens is 1. The number of nitrogens with zero attached hydrogens (tertiary/aromatic N) is 4. The number of aliphatic carboxylic acids is 2. The van der Waals surface area contributed by atoms with Crippen LogP contribution in [0.3, 0.4) is 0 Å². The van der Waals surface area contributed by atoms with Crippen LogP contribution in [0, 0.1) is 5.82 Å². The van der Waals surface area contributed by atoms with Crippen molar-refractivity contribution in [2.75, 3.05) is 50.5 Å². The molecule has 0 radical (unpaired) electrons. The van der Waals surface area contributed by atoms with E-state index >= 15 is 4.39 Å². The standard InChI is InChI=1S/C34H34FN5O10S/c1-3-38-14-21(28(42)20-12-22(35)24(13-23(20)38)39-10-8-37(2)9-11-39)34(49)50-15-18-16-51-31-26(30(44)40(31)27(18)33(47)48)36-29(43)25(32(45)46)17-4-6-19(41)7-5-17/h4-7,12-14,25-26,31,41H,3,8-11,15-16H2,1-2H3,(H,36,43)(H,45,46)(H,47,48)/t25?,26-,31-/m1/s1. The summed E-state index contributed by atoms with van der Waals surface area (Å²) in [6, 6.07) is 6.44. The number of phenols is 1. The largest absolute Gasteiger partial charge is 0.508 e. The maximum absolute atomic E-state index is 15.4. The fourth-order valence-electron chi connectivity index (χ4n) is 6.43. The number of anilines is 1. The van der Waals surface area contributed by atoms with Crippen molar-refractivity contribution >= 4 is 58.1 Å². The number of carbonyl (C=O) groups excluding carboxylic acids is 3. The number of pyridine rings is 1. The minimum absolute atomic E-state index is 0.0157. The number of aromatic nitrogens is 1. The smallest absolute Gasteiger partial charge is 0.352 e.